The van der Waals surface area contributed by atoms with Gasteiger partial charge in [-0.3, -0.25) is 4.79 Å². The van der Waals surface area contributed by atoms with Crippen LogP contribution in [0.5, 0.6) is 0 Å². The summed E-state index contributed by atoms with van der Waals surface area (Å²) in [5, 5.41) is 3.82. The molecule has 0 aliphatic heterocycles. The number of nitrogens with zero attached hydrogens (tertiary/aromatic N) is 2. The first-order valence-electron chi connectivity index (χ1n) is 6.90. The molecule has 112 valence electrons. The average Bonchev–Trinajstić information content (AvgIpc) is 2.40. The Morgan fingerprint density at radius 2 is 1.95 bits per heavy atom. The van der Waals surface area contributed by atoms with Gasteiger partial charge in [0.1, 0.15) is 0 Å². The lowest BCUT2D eigenvalue weighted by molar-refractivity contribution is 0.383. The average molecular weight is 306 g/mol. The summed E-state index contributed by atoms with van der Waals surface area (Å²) in [4.78, 5) is 16.6. The molecule has 0 saturated heterocycles. The lowest BCUT2D eigenvalue weighted by Crippen LogP contribution is -2.35. The minimum Gasteiger partial charge on any atom is -0.359 e. The Morgan fingerprint density at radius 3 is 2.57 bits per heavy atom. The van der Waals surface area contributed by atoms with Gasteiger partial charge in [0.2, 0.25) is 0 Å². The van der Waals surface area contributed by atoms with Crippen molar-refractivity contribution in [3.8, 4) is 0 Å². The number of nitrogens with one attached hydrogen (secondary N) is 1. The summed E-state index contributed by atoms with van der Waals surface area (Å²) in [6.45, 7) is 7.90. The molecule has 0 radical (unpaired) electrons. The molecule has 5 heteroatoms. The summed E-state index contributed by atoms with van der Waals surface area (Å²) in [6.07, 6.45) is 3.34. The number of halogens is 1. The summed E-state index contributed by atoms with van der Waals surface area (Å²) in [6, 6.07) is 7.47. The Hall–Kier alpha value is -1.81. The van der Waals surface area contributed by atoms with Gasteiger partial charge in [-0.05, 0) is 39.3 Å². The van der Waals surface area contributed by atoms with Gasteiger partial charge in [-0.25, -0.2) is 4.98 Å². The number of hydrogen-bond acceptors (Lipinski definition) is 3. The molecule has 0 saturated carbocycles. The quantitative estimate of drug-likeness (QED) is 0.937. The molecule has 1 aromatic carbocycles. The van der Waals surface area contributed by atoms with E-state index in [2.05, 4.69) is 10.3 Å². The van der Waals surface area contributed by atoms with Gasteiger partial charge in [-0.15, -0.1) is 0 Å². The molecule has 1 N–H and O–H groups in total. The van der Waals surface area contributed by atoms with E-state index in [0.717, 1.165) is 5.56 Å². The number of anilines is 1. The van der Waals surface area contributed by atoms with Crippen molar-refractivity contribution in [2.24, 2.45) is 0 Å². The highest BCUT2D eigenvalue weighted by molar-refractivity contribution is 6.31. The maximum absolute atomic E-state index is 12.5. The first-order chi connectivity index (χ1) is 9.80. The summed E-state index contributed by atoms with van der Waals surface area (Å²) in [5.41, 5.74) is 0.514. The van der Waals surface area contributed by atoms with Crippen molar-refractivity contribution in [1.82, 2.24) is 9.55 Å². The van der Waals surface area contributed by atoms with Crippen LogP contribution in [0.2, 0.25) is 5.02 Å². The summed E-state index contributed by atoms with van der Waals surface area (Å²) in [5.74, 6) is 0.333. The van der Waals surface area contributed by atoms with E-state index in [4.69, 9.17) is 11.6 Å². The monoisotopic (exact) mass is 305 g/mol. The minimum atomic E-state index is -0.288. The molecule has 2 aromatic rings. The molecule has 0 spiro atoms. The number of aromatic nitrogens is 2. The van der Waals surface area contributed by atoms with Crippen LogP contribution < -0.4 is 10.9 Å². The third kappa shape index (κ3) is 3.45. The number of hydrogen-bond donors (Lipinski definition) is 1. The number of benzene rings is 1. The van der Waals surface area contributed by atoms with Crippen molar-refractivity contribution in [3.63, 3.8) is 0 Å². The van der Waals surface area contributed by atoms with Crippen molar-refractivity contribution >= 4 is 17.4 Å². The van der Waals surface area contributed by atoms with Gasteiger partial charge in [-0.2, -0.15) is 0 Å². The fourth-order valence-electron chi connectivity index (χ4n) is 2.15. The normalized spacial score (nSPS) is 13.0. The maximum Gasteiger partial charge on any atom is 0.293 e. The molecule has 21 heavy (non-hydrogen) atoms. The van der Waals surface area contributed by atoms with E-state index >= 15 is 0 Å². The van der Waals surface area contributed by atoms with Gasteiger partial charge in [0, 0.05) is 23.0 Å². The van der Waals surface area contributed by atoms with Crippen LogP contribution in [0.25, 0.3) is 0 Å². The largest absolute Gasteiger partial charge is 0.359 e. The van der Waals surface area contributed by atoms with E-state index in [0.29, 0.717) is 10.8 Å². The standard InChI is InChI=1S/C16H20ClN3O/c1-11(12-7-5-6-8-13(12)17)19-14-15(21)20(10-9-18-14)16(2,3)4/h5-11H,1-4H3,(H,18,19). The molecular formula is C16H20ClN3O. The Balaban J connectivity index is 2.33. The van der Waals surface area contributed by atoms with Gasteiger partial charge in [0.15, 0.2) is 5.82 Å². The van der Waals surface area contributed by atoms with Gasteiger partial charge >= 0.3 is 0 Å². The SMILES string of the molecule is CC(Nc1nccn(C(C)(C)C)c1=O)c1ccccc1Cl. The van der Waals surface area contributed by atoms with E-state index < -0.39 is 0 Å². The van der Waals surface area contributed by atoms with E-state index in [9.17, 15) is 4.79 Å². The van der Waals surface area contributed by atoms with Crippen molar-refractivity contribution < 1.29 is 0 Å². The van der Waals surface area contributed by atoms with Crippen LogP contribution >= 0.6 is 11.6 Å². The molecule has 1 heterocycles. The van der Waals surface area contributed by atoms with Crippen LogP contribution in [0.1, 0.15) is 39.3 Å². The van der Waals surface area contributed by atoms with E-state index in [-0.39, 0.29) is 17.1 Å². The van der Waals surface area contributed by atoms with Crippen LogP contribution in [0, 0.1) is 0 Å². The van der Waals surface area contributed by atoms with E-state index in [1.54, 1.807) is 17.0 Å². The first kappa shape index (κ1) is 15.6. The second-order valence-corrected chi connectivity index (χ2v) is 6.42. The Kier molecular flexibility index (Phi) is 4.37. The molecule has 0 aliphatic rings. The molecule has 1 aromatic heterocycles. The van der Waals surface area contributed by atoms with Crippen LogP contribution in [0.3, 0.4) is 0 Å². The molecule has 1 atom stereocenters. The van der Waals surface area contributed by atoms with E-state index in [1.807, 2.05) is 52.0 Å². The van der Waals surface area contributed by atoms with Gasteiger partial charge in [0.05, 0.1) is 6.04 Å². The molecule has 0 aliphatic carbocycles. The van der Waals surface area contributed by atoms with Crippen LogP contribution in [0.4, 0.5) is 5.82 Å². The zero-order chi connectivity index (χ0) is 15.6. The van der Waals surface area contributed by atoms with E-state index in [1.165, 1.54) is 0 Å². The van der Waals surface area contributed by atoms with Crippen molar-refractivity contribution in [3.05, 3.63) is 57.6 Å². The first-order valence-corrected chi connectivity index (χ1v) is 7.27. The minimum absolute atomic E-state index is 0.102. The second kappa shape index (κ2) is 5.90. The third-order valence-corrected chi connectivity index (χ3v) is 3.63. The lowest BCUT2D eigenvalue weighted by atomic mass is 10.1. The molecule has 0 bridgehead atoms. The Bertz CT molecular complexity index is 688. The van der Waals surface area contributed by atoms with Gasteiger partial charge in [-0.1, -0.05) is 29.8 Å². The van der Waals surface area contributed by atoms with Crippen LogP contribution in [-0.4, -0.2) is 9.55 Å². The molecule has 2 rings (SSSR count). The molecular weight excluding hydrogens is 286 g/mol. The highest BCUT2D eigenvalue weighted by Gasteiger charge is 2.18. The molecule has 0 fully saturated rings. The van der Waals surface area contributed by atoms with Crippen LogP contribution in [-0.2, 0) is 5.54 Å². The van der Waals surface area contributed by atoms with Gasteiger partial charge < -0.3 is 9.88 Å². The lowest BCUT2D eigenvalue weighted by Gasteiger charge is -2.23. The van der Waals surface area contributed by atoms with Gasteiger partial charge in [0.25, 0.3) is 5.56 Å². The van der Waals surface area contributed by atoms with Crippen LogP contribution in [0.15, 0.2) is 41.5 Å². The molecule has 0 amide bonds. The third-order valence-electron chi connectivity index (χ3n) is 3.29. The Morgan fingerprint density at radius 1 is 1.29 bits per heavy atom. The highest BCUT2D eigenvalue weighted by atomic mass is 35.5. The molecule has 1 unspecified atom stereocenters. The Labute approximate surface area is 129 Å². The predicted octanol–water partition coefficient (Wildman–Crippen LogP) is 3.82. The molecule has 4 nitrogen and oxygen atoms in total. The summed E-state index contributed by atoms with van der Waals surface area (Å²) in [7, 11) is 0. The topological polar surface area (TPSA) is 46.9 Å². The zero-order valence-electron chi connectivity index (χ0n) is 12.7. The zero-order valence-corrected chi connectivity index (χ0v) is 13.5. The number of rotatable bonds is 3. The second-order valence-electron chi connectivity index (χ2n) is 6.01. The summed E-state index contributed by atoms with van der Waals surface area (Å²) < 4.78 is 1.67. The van der Waals surface area contributed by atoms with Crippen molar-refractivity contribution in [2.75, 3.05) is 5.32 Å². The van der Waals surface area contributed by atoms with Crippen molar-refractivity contribution in [2.45, 2.75) is 39.3 Å². The predicted molar refractivity (Wildman–Crippen MR) is 87.0 cm³/mol. The fourth-order valence-corrected chi connectivity index (χ4v) is 2.45. The van der Waals surface area contributed by atoms with Crippen molar-refractivity contribution in [1.29, 1.82) is 0 Å². The highest BCUT2D eigenvalue weighted by Crippen LogP contribution is 2.24. The fraction of sp³-hybridized carbons (Fsp3) is 0.375. The smallest absolute Gasteiger partial charge is 0.293 e. The summed E-state index contributed by atoms with van der Waals surface area (Å²) >= 11 is 6.19. The maximum atomic E-state index is 12.5.